The summed E-state index contributed by atoms with van der Waals surface area (Å²) in [5.41, 5.74) is 7.22. The van der Waals surface area contributed by atoms with Crippen LogP contribution in [0.25, 0.3) is 0 Å². The Hall–Kier alpha value is -2.07. The topological polar surface area (TPSA) is 52.3 Å². The van der Waals surface area contributed by atoms with Gasteiger partial charge in [-0.05, 0) is 30.7 Å². The van der Waals surface area contributed by atoms with E-state index in [-0.39, 0.29) is 17.2 Å². The Bertz CT molecular complexity index is 618. The van der Waals surface area contributed by atoms with Gasteiger partial charge in [-0.2, -0.15) is 0 Å². The Kier molecular flexibility index (Phi) is 4.25. The lowest BCUT2D eigenvalue weighted by molar-refractivity contribution is 0.0469. The second-order valence-corrected chi connectivity index (χ2v) is 4.72. The van der Waals surface area contributed by atoms with Crippen LogP contribution in [0.2, 0.25) is 5.02 Å². The van der Waals surface area contributed by atoms with E-state index in [0.29, 0.717) is 16.8 Å². The summed E-state index contributed by atoms with van der Waals surface area (Å²) < 4.78 is 18.7. The quantitative estimate of drug-likeness (QED) is 0.693. The number of hydrogen-bond acceptors (Lipinski definition) is 3. The molecule has 5 heteroatoms. The summed E-state index contributed by atoms with van der Waals surface area (Å²) in [5.74, 6) is -1.11. The van der Waals surface area contributed by atoms with E-state index in [1.165, 1.54) is 18.2 Å². The van der Waals surface area contributed by atoms with Crippen molar-refractivity contribution >= 4 is 23.3 Å². The Morgan fingerprint density at radius 3 is 2.65 bits per heavy atom. The van der Waals surface area contributed by atoms with E-state index in [1.807, 2.05) is 0 Å². The van der Waals surface area contributed by atoms with Gasteiger partial charge >= 0.3 is 5.97 Å². The number of benzene rings is 2. The van der Waals surface area contributed by atoms with Crippen molar-refractivity contribution in [2.24, 2.45) is 0 Å². The summed E-state index contributed by atoms with van der Waals surface area (Å²) in [5, 5.41) is 0.218. The first-order valence-electron chi connectivity index (χ1n) is 5.96. The average Bonchev–Trinajstić information content (AvgIpc) is 2.38. The first-order valence-corrected chi connectivity index (χ1v) is 6.33. The number of carbonyl (C=O) groups is 1. The minimum Gasteiger partial charge on any atom is -0.457 e. The minimum absolute atomic E-state index is 0.148. The van der Waals surface area contributed by atoms with Crippen LogP contribution >= 0.6 is 11.6 Å². The number of rotatable bonds is 3. The van der Waals surface area contributed by atoms with Gasteiger partial charge < -0.3 is 10.5 Å². The highest BCUT2D eigenvalue weighted by atomic mass is 35.5. The third kappa shape index (κ3) is 2.91. The molecule has 0 saturated carbocycles. The molecule has 2 aromatic rings. The fraction of sp³-hybridized carbons (Fsp3) is 0.133. The van der Waals surface area contributed by atoms with E-state index < -0.39 is 11.8 Å². The molecule has 20 heavy (non-hydrogen) atoms. The molecule has 2 N–H and O–H groups in total. The van der Waals surface area contributed by atoms with E-state index in [0.717, 1.165) is 0 Å². The van der Waals surface area contributed by atoms with Crippen LogP contribution in [0.3, 0.4) is 0 Å². The van der Waals surface area contributed by atoms with Crippen molar-refractivity contribution in [3.8, 4) is 0 Å². The Balaban J connectivity index is 2.17. The molecule has 104 valence electrons. The summed E-state index contributed by atoms with van der Waals surface area (Å²) in [6.45, 7) is 1.52. The maximum atomic E-state index is 13.6. The number of carbonyl (C=O) groups excluding carboxylic acids is 1. The zero-order chi connectivity index (χ0) is 14.7. The van der Waals surface area contributed by atoms with Crippen molar-refractivity contribution in [1.82, 2.24) is 0 Å². The highest BCUT2D eigenvalue weighted by Gasteiger charge is 2.16. The van der Waals surface area contributed by atoms with Crippen LogP contribution in [0.1, 0.15) is 21.5 Å². The molecular weight excluding hydrogens is 281 g/mol. The summed E-state index contributed by atoms with van der Waals surface area (Å²) in [6.07, 6.45) is 0. The molecule has 2 rings (SSSR count). The number of anilines is 1. The number of halogens is 2. The van der Waals surface area contributed by atoms with Gasteiger partial charge in [0.15, 0.2) is 0 Å². The van der Waals surface area contributed by atoms with Crippen LogP contribution in [0, 0.1) is 12.7 Å². The van der Waals surface area contributed by atoms with Gasteiger partial charge in [0.05, 0.1) is 10.6 Å². The van der Waals surface area contributed by atoms with E-state index >= 15 is 0 Å². The number of nitrogen functional groups attached to an aromatic ring is 1. The fourth-order valence-electron chi connectivity index (χ4n) is 1.85. The molecule has 0 unspecified atom stereocenters. The third-order valence-corrected chi connectivity index (χ3v) is 3.27. The molecule has 0 spiro atoms. The normalized spacial score (nSPS) is 10.3. The fourth-order valence-corrected chi connectivity index (χ4v) is 2.07. The molecule has 0 radical (unpaired) electrons. The van der Waals surface area contributed by atoms with Crippen molar-refractivity contribution < 1.29 is 13.9 Å². The van der Waals surface area contributed by atoms with Crippen LogP contribution < -0.4 is 5.73 Å². The molecule has 0 bridgehead atoms. The van der Waals surface area contributed by atoms with Gasteiger partial charge in [0, 0.05) is 11.3 Å². The van der Waals surface area contributed by atoms with Gasteiger partial charge in [0.2, 0.25) is 0 Å². The lowest BCUT2D eigenvalue weighted by Crippen LogP contribution is -2.11. The molecule has 0 atom stereocenters. The standard InChI is InChI=1S/C15H13ClFNO2/c1-9-4-2-7-13(18)14(9)15(19)20-8-10-11(16)5-3-6-12(10)17/h2-7H,8,18H2,1H3. The van der Waals surface area contributed by atoms with Gasteiger partial charge in [0.1, 0.15) is 12.4 Å². The van der Waals surface area contributed by atoms with Crippen LogP contribution in [-0.2, 0) is 11.3 Å². The first kappa shape index (κ1) is 14.3. The maximum absolute atomic E-state index is 13.6. The van der Waals surface area contributed by atoms with E-state index in [2.05, 4.69) is 0 Å². The molecule has 2 aromatic carbocycles. The lowest BCUT2D eigenvalue weighted by Gasteiger charge is -2.10. The second-order valence-electron chi connectivity index (χ2n) is 4.32. The minimum atomic E-state index is -0.597. The highest BCUT2D eigenvalue weighted by molar-refractivity contribution is 6.31. The Morgan fingerprint density at radius 1 is 1.30 bits per heavy atom. The molecule has 0 fully saturated rings. The number of hydrogen-bond donors (Lipinski definition) is 1. The van der Waals surface area contributed by atoms with Crippen LogP contribution in [0.15, 0.2) is 36.4 Å². The molecular formula is C15H13ClFNO2. The molecule has 3 nitrogen and oxygen atoms in total. The smallest absolute Gasteiger partial charge is 0.340 e. The van der Waals surface area contributed by atoms with Crippen molar-refractivity contribution in [1.29, 1.82) is 0 Å². The van der Waals surface area contributed by atoms with Crippen molar-refractivity contribution in [3.63, 3.8) is 0 Å². The molecule has 0 aliphatic carbocycles. The largest absolute Gasteiger partial charge is 0.457 e. The van der Waals surface area contributed by atoms with E-state index in [4.69, 9.17) is 22.1 Å². The van der Waals surface area contributed by atoms with Crippen LogP contribution in [-0.4, -0.2) is 5.97 Å². The van der Waals surface area contributed by atoms with Crippen LogP contribution in [0.4, 0.5) is 10.1 Å². The summed E-state index contributed by atoms with van der Waals surface area (Å²) in [6, 6.07) is 9.40. The summed E-state index contributed by atoms with van der Waals surface area (Å²) in [4.78, 5) is 12.0. The zero-order valence-corrected chi connectivity index (χ0v) is 11.6. The number of esters is 1. The lowest BCUT2D eigenvalue weighted by atomic mass is 10.1. The molecule has 0 aliphatic heterocycles. The SMILES string of the molecule is Cc1cccc(N)c1C(=O)OCc1c(F)cccc1Cl. The highest BCUT2D eigenvalue weighted by Crippen LogP contribution is 2.22. The van der Waals surface area contributed by atoms with E-state index in [9.17, 15) is 9.18 Å². The predicted molar refractivity (Wildman–Crippen MR) is 76.1 cm³/mol. The van der Waals surface area contributed by atoms with Crippen molar-refractivity contribution in [3.05, 3.63) is 63.9 Å². The van der Waals surface area contributed by atoms with Crippen molar-refractivity contribution in [2.45, 2.75) is 13.5 Å². The van der Waals surface area contributed by atoms with Gasteiger partial charge in [-0.15, -0.1) is 0 Å². The third-order valence-electron chi connectivity index (χ3n) is 2.92. The summed E-state index contributed by atoms with van der Waals surface area (Å²) in [7, 11) is 0. The second kappa shape index (κ2) is 5.92. The Labute approximate surface area is 121 Å². The molecule has 0 amide bonds. The molecule has 0 aromatic heterocycles. The maximum Gasteiger partial charge on any atom is 0.340 e. The van der Waals surface area contributed by atoms with Gasteiger partial charge in [-0.25, -0.2) is 9.18 Å². The van der Waals surface area contributed by atoms with Crippen molar-refractivity contribution in [2.75, 3.05) is 5.73 Å². The summed E-state index contributed by atoms with van der Waals surface area (Å²) >= 11 is 5.87. The number of nitrogens with two attached hydrogens (primary N) is 1. The van der Waals surface area contributed by atoms with Gasteiger partial charge in [0.25, 0.3) is 0 Å². The van der Waals surface area contributed by atoms with Gasteiger partial charge in [-0.3, -0.25) is 0 Å². The van der Waals surface area contributed by atoms with E-state index in [1.54, 1.807) is 25.1 Å². The molecule has 0 aliphatic rings. The zero-order valence-electron chi connectivity index (χ0n) is 10.8. The predicted octanol–water partition coefficient (Wildman–Crippen LogP) is 3.73. The number of aryl methyl sites for hydroxylation is 1. The Morgan fingerprint density at radius 2 is 2.00 bits per heavy atom. The van der Waals surface area contributed by atoms with Crippen LogP contribution in [0.5, 0.6) is 0 Å². The molecule has 0 saturated heterocycles. The number of ether oxygens (including phenoxy) is 1. The average molecular weight is 294 g/mol. The van der Waals surface area contributed by atoms with Gasteiger partial charge in [-0.1, -0.05) is 29.8 Å². The monoisotopic (exact) mass is 293 g/mol. The first-order chi connectivity index (χ1) is 9.50. The molecule has 0 heterocycles.